The van der Waals surface area contributed by atoms with Crippen LogP contribution in [-0.4, -0.2) is 52.2 Å². The van der Waals surface area contributed by atoms with E-state index in [9.17, 15) is 14.4 Å². The molecule has 1 aromatic rings. The van der Waals surface area contributed by atoms with Gasteiger partial charge in [0.15, 0.2) is 6.10 Å². The average Bonchev–Trinajstić information content (AvgIpc) is 2.78. The van der Waals surface area contributed by atoms with Crippen LogP contribution in [0.1, 0.15) is 5.56 Å². The Labute approximate surface area is 124 Å². The lowest BCUT2D eigenvalue weighted by Gasteiger charge is -2.21. The molecule has 1 heterocycles. The SMILES string of the molecule is O=C(O)CN(CC(=O)O)C(=O)C1Cc2cc(Cl)ccc2O1. The Morgan fingerprint density at radius 3 is 2.43 bits per heavy atom. The first-order valence-corrected chi connectivity index (χ1v) is 6.42. The number of carbonyl (C=O) groups excluding carboxylic acids is 1. The summed E-state index contributed by atoms with van der Waals surface area (Å²) >= 11 is 5.84. The zero-order valence-corrected chi connectivity index (χ0v) is 11.5. The maximum atomic E-state index is 12.2. The first kappa shape index (κ1) is 15.1. The van der Waals surface area contributed by atoms with Gasteiger partial charge in [0.05, 0.1) is 0 Å². The predicted molar refractivity (Wildman–Crippen MR) is 71.4 cm³/mol. The van der Waals surface area contributed by atoms with Crippen LogP contribution in [0.25, 0.3) is 0 Å². The Bertz CT molecular complexity index is 586. The molecule has 0 radical (unpaired) electrons. The Morgan fingerprint density at radius 1 is 1.24 bits per heavy atom. The minimum absolute atomic E-state index is 0.227. The van der Waals surface area contributed by atoms with Crippen molar-refractivity contribution < 1.29 is 29.3 Å². The van der Waals surface area contributed by atoms with Gasteiger partial charge in [0, 0.05) is 11.4 Å². The molecule has 2 N–H and O–H groups in total. The van der Waals surface area contributed by atoms with Crippen molar-refractivity contribution in [3.8, 4) is 5.75 Å². The van der Waals surface area contributed by atoms with Gasteiger partial charge in [-0.15, -0.1) is 0 Å². The second kappa shape index (κ2) is 6.01. The van der Waals surface area contributed by atoms with Crippen LogP contribution < -0.4 is 4.74 Å². The quantitative estimate of drug-likeness (QED) is 0.826. The molecule has 21 heavy (non-hydrogen) atoms. The number of carboxylic acid groups (broad SMARTS) is 2. The van der Waals surface area contributed by atoms with Crippen molar-refractivity contribution in [2.24, 2.45) is 0 Å². The monoisotopic (exact) mass is 313 g/mol. The van der Waals surface area contributed by atoms with Gasteiger partial charge in [-0.25, -0.2) is 0 Å². The number of hydrogen-bond acceptors (Lipinski definition) is 4. The summed E-state index contributed by atoms with van der Waals surface area (Å²) in [4.78, 5) is 34.4. The largest absolute Gasteiger partial charge is 0.480 e. The first-order chi connectivity index (χ1) is 9.86. The standard InChI is InChI=1S/C13H12ClNO6/c14-8-1-2-9-7(3-8)4-10(21-9)13(20)15(5-11(16)17)6-12(18)19/h1-3,10H,4-6H2,(H,16,17)(H,18,19). The predicted octanol–water partition coefficient (Wildman–Crippen LogP) is 0.641. The maximum absolute atomic E-state index is 12.2. The van der Waals surface area contributed by atoms with Gasteiger partial charge in [-0.3, -0.25) is 14.4 Å². The van der Waals surface area contributed by atoms with Gasteiger partial charge < -0.3 is 19.8 Å². The molecule has 0 saturated heterocycles. The molecule has 1 aliphatic rings. The lowest BCUT2D eigenvalue weighted by atomic mass is 10.1. The number of hydrogen-bond donors (Lipinski definition) is 2. The Morgan fingerprint density at radius 2 is 1.86 bits per heavy atom. The van der Waals surface area contributed by atoms with E-state index in [4.69, 9.17) is 26.6 Å². The van der Waals surface area contributed by atoms with Crippen LogP contribution in [0, 0.1) is 0 Å². The number of benzene rings is 1. The molecular formula is C13H12ClNO6. The van der Waals surface area contributed by atoms with Crippen LogP contribution in [0.15, 0.2) is 18.2 Å². The van der Waals surface area contributed by atoms with E-state index in [1.165, 1.54) is 0 Å². The molecule has 1 amide bonds. The van der Waals surface area contributed by atoms with E-state index >= 15 is 0 Å². The number of aliphatic carboxylic acids is 2. The van der Waals surface area contributed by atoms with Crippen molar-refractivity contribution in [1.82, 2.24) is 4.90 Å². The molecule has 1 aliphatic heterocycles. The summed E-state index contributed by atoms with van der Waals surface area (Å²) in [5.74, 6) is -2.76. The number of carboxylic acids is 2. The van der Waals surface area contributed by atoms with Gasteiger partial charge in [0.1, 0.15) is 18.8 Å². The lowest BCUT2D eigenvalue weighted by molar-refractivity contribution is -0.152. The summed E-state index contributed by atoms with van der Waals surface area (Å²) in [6.45, 7) is -1.38. The zero-order valence-electron chi connectivity index (χ0n) is 10.8. The molecule has 2 rings (SSSR count). The highest BCUT2D eigenvalue weighted by Crippen LogP contribution is 2.31. The molecule has 0 spiro atoms. The highest BCUT2D eigenvalue weighted by molar-refractivity contribution is 6.30. The van der Waals surface area contributed by atoms with E-state index in [2.05, 4.69) is 0 Å². The average molecular weight is 314 g/mol. The van der Waals surface area contributed by atoms with Crippen LogP contribution in [0.3, 0.4) is 0 Å². The second-order valence-electron chi connectivity index (χ2n) is 4.54. The number of amides is 1. The van der Waals surface area contributed by atoms with Crippen molar-refractivity contribution >= 4 is 29.4 Å². The number of fused-ring (bicyclic) bond motifs is 1. The minimum atomic E-state index is -1.29. The van der Waals surface area contributed by atoms with E-state index < -0.39 is 37.0 Å². The number of carbonyl (C=O) groups is 3. The van der Waals surface area contributed by atoms with Gasteiger partial charge in [0.2, 0.25) is 0 Å². The molecule has 1 aromatic carbocycles. The Balaban J connectivity index is 2.12. The molecule has 0 aliphatic carbocycles. The fourth-order valence-electron chi connectivity index (χ4n) is 2.10. The summed E-state index contributed by atoms with van der Waals surface area (Å²) in [6.07, 6.45) is -0.707. The van der Waals surface area contributed by atoms with Crippen LogP contribution in [0.5, 0.6) is 5.75 Å². The maximum Gasteiger partial charge on any atom is 0.323 e. The van der Waals surface area contributed by atoms with Gasteiger partial charge in [-0.1, -0.05) is 11.6 Å². The molecule has 7 nitrogen and oxygen atoms in total. The van der Waals surface area contributed by atoms with Gasteiger partial charge in [-0.05, 0) is 23.8 Å². The number of ether oxygens (including phenoxy) is 1. The van der Waals surface area contributed by atoms with Gasteiger partial charge in [0.25, 0.3) is 5.91 Å². The molecule has 0 aromatic heterocycles. The summed E-state index contributed by atoms with van der Waals surface area (Å²) in [6, 6.07) is 4.88. The third-order valence-electron chi connectivity index (χ3n) is 2.94. The first-order valence-electron chi connectivity index (χ1n) is 6.04. The fraction of sp³-hybridized carbons (Fsp3) is 0.308. The van der Waals surface area contributed by atoms with Crippen LogP contribution in [0.2, 0.25) is 5.02 Å². The third kappa shape index (κ3) is 3.63. The van der Waals surface area contributed by atoms with E-state index in [1.807, 2.05) is 0 Å². The Hall–Kier alpha value is -2.28. The summed E-state index contributed by atoms with van der Waals surface area (Å²) in [7, 11) is 0. The summed E-state index contributed by atoms with van der Waals surface area (Å²) < 4.78 is 5.43. The van der Waals surface area contributed by atoms with Crippen molar-refractivity contribution in [3.63, 3.8) is 0 Å². The number of halogens is 1. The van der Waals surface area contributed by atoms with Crippen LogP contribution in [0.4, 0.5) is 0 Å². The summed E-state index contributed by atoms with van der Waals surface area (Å²) in [5.41, 5.74) is 0.728. The van der Waals surface area contributed by atoms with Crippen molar-refractivity contribution in [2.45, 2.75) is 12.5 Å². The molecule has 8 heteroatoms. The molecule has 0 bridgehead atoms. The van der Waals surface area contributed by atoms with Crippen molar-refractivity contribution in [1.29, 1.82) is 0 Å². The van der Waals surface area contributed by atoms with Crippen molar-refractivity contribution in [2.75, 3.05) is 13.1 Å². The van der Waals surface area contributed by atoms with Gasteiger partial charge >= 0.3 is 11.9 Å². The fourth-order valence-corrected chi connectivity index (χ4v) is 2.29. The Kier molecular flexibility index (Phi) is 4.32. The number of nitrogens with zero attached hydrogens (tertiary/aromatic N) is 1. The topological polar surface area (TPSA) is 104 Å². The van der Waals surface area contributed by atoms with E-state index in [1.54, 1.807) is 18.2 Å². The molecule has 0 saturated carbocycles. The normalized spacial score (nSPS) is 16.0. The van der Waals surface area contributed by atoms with E-state index in [0.29, 0.717) is 10.8 Å². The smallest absolute Gasteiger partial charge is 0.323 e. The zero-order chi connectivity index (χ0) is 15.6. The second-order valence-corrected chi connectivity index (χ2v) is 4.98. The third-order valence-corrected chi connectivity index (χ3v) is 3.17. The summed E-state index contributed by atoms with van der Waals surface area (Å²) in [5, 5.41) is 18.0. The van der Waals surface area contributed by atoms with Crippen LogP contribution >= 0.6 is 11.6 Å². The highest BCUT2D eigenvalue weighted by atomic mass is 35.5. The molecule has 1 atom stereocenters. The van der Waals surface area contributed by atoms with Crippen LogP contribution in [-0.2, 0) is 20.8 Å². The molecule has 112 valence electrons. The van der Waals surface area contributed by atoms with E-state index in [0.717, 1.165) is 10.5 Å². The van der Waals surface area contributed by atoms with E-state index in [-0.39, 0.29) is 6.42 Å². The van der Waals surface area contributed by atoms with Crippen molar-refractivity contribution in [3.05, 3.63) is 28.8 Å². The highest BCUT2D eigenvalue weighted by Gasteiger charge is 2.34. The number of rotatable bonds is 5. The molecule has 0 fully saturated rings. The minimum Gasteiger partial charge on any atom is -0.480 e. The molecule has 1 unspecified atom stereocenters. The molecular weight excluding hydrogens is 302 g/mol. The van der Waals surface area contributed by atoms with Gasteiger partial charge in [-0.2, -0.15) is 0 Å². The lowest BCUT2D eigenvalue weighted by Crippen LogP contribution is -2.46.